The quantitative estimate of drug-likeness (QED) is 0.357. The zero-order valence-electron chi connectivity index (χ0n) is 23.1. The largest absolute Gasteiger partial charge is 0.497 e. The van der Waals surface area contributed by atoms with Crippen LogP contribution in [0.2, 0.25) is 0 Å². The summed E-state index contributed by atoms with van der Waals surface area (Å²) in [7, 11) is -2.53. The smallest absolute Gasteiger partial charge is 0.264 e. The Kier molecular flexibility index (Phi) is 10.1. The van der Waals surface area contributed by atoms with Gasteiger partial charge in [0, 0.05) is 12.6 Å². The Morgan fingerprint density at radius 3 is 2.21 bits per heavy atom. The lowest BCUT2D eigenvalue weighted by molar-refractivity contribution is -0.140. The van der Waals surface area contributed by atoms with Gasteiger partial charge in [0.1, 0.15) is 18.3 Å². The Hall–Kier alpha value is -3.85. The van der Waals surface area contributed by atoms with Crippen molar-refractivity contribution in [1.82, 2.24) is 10.2 Å². The third kappa shape index (κ3) is 7.60. The Labute approximate surface area is 231 Å². The van der Waals surface area contributed by atoms with E-state index in [0.29, 0.717) is 17.9 Å². The molecule has 3 rings (SSSR count). The number of carbonyl (C=O) groups excluding carboxylic acids is 2. The van der Waals surface area contributed by atoms with Crippen LogP contribution >= 0.6 is 0 Å². The predicted molar refractivity (Wildman–Crippen MR) is 153 cm³/mol. The van der Waals surface area contributed by atoms with Crippen molar-refractivity contribution in [3.8, 4) is 5.75 Å². The maximum absolute atomic E-state index is 14.0. The van der Waals surface area contributed by atoms with Gasteiger partial charge in [0.05, 0.1) is 17.7 Å². The molecule has 0 aromatic heterocycles. The van der Waals surface area contributed by atoms with Crippen molar-refractivity contribution < 1.29 is 22.7 Å². The molecule has 0 fully saturated rings. The van der Waals surface area contributed by atoms with Crippen LogP contribution < -0.4 is 14.4 Å². The molecule has 0 aliphatic carbocycles. The van der Waals surface area contributed by atoms with Gasteiger partial charge in [-0.15, -0.1) is 0 Å². The van der Waals surface area contributed by atoms with E-state index < -0.39 is 28.5 Å². The fourth-order valence-electron chi connectivity index (χ4n) is 4.23. The zero-order valence-corrected chi connectivity index (χ0v) is 23.9. The van der Waals surface area contributed by atoms with Crippen LogP contribution in [-0.2, 0) is 26.2 Å². The van der Waals surface area contributed by atoms with Gasteiger partial charge in [-0.05, 0) is 69.2 Å². The number of aryl methyl sites for hydroxylation is 1. The van der Waals surface area contributed by atoms with E-state index in [1.165, 1.54) is 17.0 Å². The molecule has 0 saturated heterocycles. The van der Waals surface area contributed by atoms with Crippen molar-refractivity contribution in [1.29, 1.82) is 0 Å². The lowest BCUT2D eigenvalue weighted by Gasteiger charge is -2.33. The Morgan fingerprint density at radius 2 is 1.62 bits per heavy atom. The zero-order chi connectivity index (χ0) is 28.6. The number of sulfonamides is 1. The molecular weight excluding hydrogens is 514 g/mol. The molecule has 0 bridgehead atoms. The van der Waals surface area contributed by atoms with Gasteiger partial charge in [0.2, 0.25) is 11.8 Å². The van der Waals surface area contributed by atoms with Gasteiger partial charge >= 0.3 is 0 Å². The fourth-order valence-corrected chi connectivity index (χ4v) is 5.66. The summed E-state index contributed by atoms with van der Waals surface area (Å²) in [6.45, 7) is 7.06. The minimum Gasteiger partial charge on any atom is -0.497 e. The maximum atomic E-state index is 14.0. The number of methoxy groups -OCH3 is 1. The highest BCUT2D eigenvalue weighted by atomic mass is 32.2. The van der Waals surface area contributed by atoms with Crippen LogP contribution in [0.5, 0.6) is 5.75 Å². The van der Waals surface area contributed by atoms with Crippen LogP contribution in [0, 0.1) is 6.92 Å². The van der Waals surface area contributed by atoms with Crippen molar-refractivity contribution in [3.63, 3.8) is 0 Å². The van der Waals surface area contributed by atoms with E-state index in [1.54, 1.807) is 61.7 Å². The number of ether oxygens (including phenoxy) is 1. The fraction of sp³-hybridized carbons (Fsp3) is 0.333. The molecule has 3 aromatic rings. The Morgan fingerprint density at radius 1 is 0.949 bits per heavy atom. The van der Waals surface area contributed by atoms with E-state index >= 15 is 0 Å². The second-order valence-electron chi connectivity index (χ2n) is 9.62. The number of nitrogens with zero attached hydrogens (tertiary/aromatic N) is 2. The average molecular weight is 552 g/mol. The number of carbonyl (C=O) groups is 2. The van der Waals surface area contributed by atoms with Crippen LogP contribution in [0.4, 0.5) is 5.69 Å². The van der Waals surface area contributed by atoms with Gasteiger partial charge in [-0.25, -0.2) is 8.42 Å². The molecule has 0 aliphatic rings. The summed E-state index contributed by atoms with van der Waals surface area (Å²) in [4.78, 5) is 28.7. The van der Waals surface area contributed by atoms with Crippen molar-refractivity contribution in [2.75, 3.05) is 18.0 Å². The minimum atomic E-state index is -4.09. The number of hydrogen-bond donors (Lipinski definition) is 1. The molecule has 2 amide bonds. The summed E-state index contributed by atoms with van der Waals surface area (Å²) in [6, 6.07) is 21.3. The molecule has 0 aliphatic heterocycles. The monoisotopic (exact) mass is 551 g/mol. The van der Waals surface area contributed by atoms with Gasteiger partial charge in [-0.1, -0.05) is 55.0 Å². The molecule has 1 atom stereocenters. The molecule has 9 heteroatoms. The minimum absolute atomic E-state index is 0.0716. The highest BCUT2D eigenvalue weighted by Crippen LogP contribution is 2.25. The number of nitrogens with one attached hydrogen (secondary N) is 1. The molecule has 0 radical (unpaired) electrons. The Bertz CT molecular complexity index is 1360. The number of rotatable bonds is 12. The van der Waals surface area contributed by atoms with E-state index in [-0.39, 0.29) is 23.4 Å². The lowest BCUT2D eigenvalue weighted by Crippen LogP contribution is -2.53. The standard InChI is InChI=1S/C30H37N3O5S/c1-6-28(30(35)31-22(2)3)32(20-24-11-10-12-26(19-24)38-5)29(34)21-33(25-17-15-23(4)16-18-25)39(36,37)27-13-8-7-9-14-27/h7-19,22,28H,6,20-21H2,1-5H3,(H,31,35)/t28-/m0/s1. The summed E-state index contributed by atoms with van der Waals surface area (Å²) in [6.07, 6.45) is 0.351. The third-order valence-corrected chi connectivity index (χ3v) is 8.02. The van der Waals surface area contributed by atoms with Gasteiger partial charge < -0.3 is 15.0 Å². The molecule has 8 nitrogen and oxygen atoms in total. The van der Waals surface area contributed by atoms with E-state index in [2.05, 4.69) is 5.32 Å². The first-order valence-electron chi connectivity index (χ1n) is 12.9. The number of amides is 2. The highest BCUT2D eigenvalue weighted by molar-refractivity contribution is 7.92. The van der Waals surface area contributed by atoms with Crippen LogP contribution in [0.25, 0.3) is 0 Å². The van der Waals surface area contributed by atoms with E-state index in [1.807, 2.05) is 39.8 Å². The summed E-state index contributed by atoms with van der Waals surface area (Å²) in [5, 5.41) is 2.90. The first kappa shape index (κ1) is 29.7. The number of benzene rings is 3. The molecule has 0 unspecified atom stereocenters. The highest BCUT2D eigenvalue weighted by Gasteiger charge is 2.33. The SMILES string of the molecule is CC[C@@H](C(=O)NC(C)C)N(Cc1cccc(OC)c1)C(=O)CN(c1ccc(C)cc1)S(=O)(=O)c1ccccc1. The number of anilines is 1. The molecule has 0 saturated carbocycles. The van der Waals surface area contributed by atoms with Crippen LogP contribution in [0.15, 0.2) is 83.8 Å². The molecular formula is C30H37N3O5S. The second kappa shape index (κ2) is 13.3. The molecule has 0 spiro atoms. The number of hydrogen-bond acceptors (Lipinski definition) is 5. The van der Waals surface area contributed by atoms with E-state index in [0.717, 1.165) is 15.4 Å². The van der Waals surface area contributed by atoms with Crippen LogP contribution in [0.1, 0.15) is 38.3 Å². The summed E-state index contributed by atoms with van der Waals surface area (Å²) in [5.41, 5.74) is 2.07. The van der Waals surface area contributed by atoms with Crippen molar-refractivity contribution in [3.05, 3.63) is 90.0 Å². The topological polar surface area (TPSA) is 96.0 Å². The van der Waals surface area contributed by atoms with Crippen molar-refractivity contribution in [2.45, 2.75) is 57.6 Å². The van der Waals surface area contributed by atoms with Crippen LogP contribution in [-0.4, -0.2) is 50.9 Å². The van der Waals surface area contributed by atoms with Gasteiger partial charge in [-0.3, -0.25) is 13.9 Å². The van der Waals surface area contributed by atoms with E-state index in [9.17, 15) is 18.0 Å². The van der Waals surface area contributed by atoms with Gasteiger partial charge in [0.15, 0.2) is 0 Å². The predicted octanol–water partition coefficient (Wildman–Crippen LogP) is 4.53. The average Bonchev–Trinajstić information content (AvgIpc) is 2.92. The first-order chi connectivity index (χ1) is 18.6. The Balaban J connectivity index is 2.05. The second-order valence-corrected chi connectivity index (χ2v) is 11.5. The van der Waals surface area contributed by atoms with Crippen molar-refractivity contribution in [2.24, 2.45) is 0 Å². The van der Waals surface area contributed by atoms with Crippen LogP contribution in [0.3, 0.4) is 0 Å². The van der Waals surface area contributed by atoms with E-state index in [4.69, 9.17) is 4.74 Å². The molecule has 208 valence electrons. The molecule has 39 heavy (non-hydrogen) atoms. The first-order valence-corrected chi connectivity index (χ1v) is 14.4. The molecule has 1 N–H and O–H groups in total. The lowest BCUT2D eigenvalue weighted by atomic mass is 10.1. The summed E-state index contributed by atoms with van der Waals surface area (Å²) < 4.78 is 34.0. The van der Waals surface area contributed by atoms with Gasteiger partial charge in [0.25, 0.3) is 10.0 Å². The third-order valence-electron chi connectivity index (χ3n) is 6.24. The molecule has 0 heterocycles. The van der Waals surface area contributed by atoms with Crippen molar-refractivity contribution >= 4 is 27.5 Å². The molecule has 3 aromatic carbocycles. The normalized spacial score (nSPS) is 12.1. The maximum Gasteiger partial charge on any atom is 0.264 e. The summed E-state index contributed by atoms with van der Waals surface area (Å²) in [5.74, 6) is -0.173. The summed E-state index contributed by atoms with van der Waals surface area (Å²) >= 11 is 0. The van der Waals surface area contributed by atoms with Gasteiger partial charge in [-0.2, -0.15) is 0 Å².